The second-order valence-corrected chi connectivity index (χ2v) is 10.7. The van der Waals surface area contributed by atoms with Gasteiger partial charge in [-0.2, -0.15) is 0 Å². The van der Waals surface area contributed by atoms with Crippen molar-refractivity contribution in [3.05, 3.63) is 97.5 Å². The second kappa shape index (κ2) is 12.9. The van der Waals surface area contributed by atoms with E-state index in [0.29, 0.717) is 56.1 Å². The van der Waals surface area contributed by atoms with Crippen molar-refractivity contribution in [2.24, 2.45) is 0 Å². The molecule has 6 nitrogen and oxygen atoms in total. The zero-order chi connectivity index (χ0) is 28.1. The summed E-state index contributed by atoms with van der Waals surface area (Å²) in [5, 5.41) is 4.84. The van der Waals surface area contributed by atoms with Gasteiger partial charge < -0.3 is 10.2 Å². The normalized spacial score (nSPS) is 11.9. The van der Waals surface area contributed by atoms with Crippen molar-refractivity contribution in [1.29, 1.82) is 0 Å². The minimum Gasteiger partial charge on any atom is -0.314 e. The number of aryl methyl sites for hydroxylation is 1. The highest BCUT2D eigenvalue weighted by Crippen LogP contribution is 2.30. The summed E-state index contributed by atoms with van der Waals surface area (Å²) in [6.45, 7) is 6.48. The third kappa shape index (κ3) is 6.40. The van der Waals surface area contributed by atoms with Gasteiger partial charge in [0.15, 0.2) is 0 Å². The molecule has 1 aromatic heterocycles. The number of hydrogen-bond acceptors (Lipinski definition) is 3. The highest BCUT2D eigenvalue weighted by molar-refractivity contribution is 6.36. The minimum absolute atomic E-state index is 0.200. The number of fused-ring (bicyclic) bond motifs is 1. The van der Waals surface area contributed by atoms with Gasteiger partial charge in [-0.1, -0.05) is 73.6 Å². The highest BCUT2D eigenvalue weighted by atomic mass is 35.5. The van der Waals surface area contributed by atoms with E-state index in [1.54, 1.807) is 39.8 Å². The fourth-order valence-corrected chi connectivity index (χ4v) is 5.41. The number of anilines is 1. The molecule has 0 bridgehead atoms. The summed E-state index contributed by atoms with van der Waals surface area (Å²) >= 11 is 18.7. The Morgan fingerprint density at radius 2 is 1.72 bits per heavy atom. The molecule has 0 fully saturated rings. The zero-order valence-electron chi connectivity index (χ0n) is 22.2. The maximum Gasteiger partial charge on any atom is 0.322 e. The summed E-state index contributed by atoms with van der Waals surface area (Å²) in [6, 6.07) is 16.8. The van der Waals surface area contributed by atoms with Crippen LogP contribution in [0.3, 0.4) is 0 Å². The van der Waals surface area contributed by atoms with Crippen molar-refractivity contribution in [2.45, 2.75) is 52.5 Å². The molecule has 3 aromatic carbocycles. The highest BCUT2D eigenvalue weighted by Gasteiger charge is 2.29. The van der Waals surface area contributed by atoms with E-state index < -0.39 is 6.04 Å². The van der Waals surface area contributed by atoms with Gasteiger partial charge in [-0.3, -0.25) is 9.36 Å². The van der Waals surface area contributed by atoms with Crippen LogP contribution in [0.4, 0.5) is 10.5 Å². The van der Waals surface area contributed by atoms with Crippen molar-refractivity contribution >= 4 is 57.4 Å². The van der Waals surface area contributed by atoms with Crippen LogP contribution in [-0.4, -0.2) is 27.0 Å². The Kier molecular flexibility index (Phi) is 9.54. The molecule has 1 N–H and O–H groups in total. The summed E-state index contributed by atoms with van der Waals surface area (Å²) in [6.07, 6.45) is 3.28. The van der Waals surface area contributed by atoms with E-state index in [4.69, 9.17) is 39.8 Å². The summed E-state index contributed by atoms with van der Waals surface area (Å²) in [4.78, 5) is 34.5. The van der Waals surface area contributed by atoms with E-state index in [1.807, 2.05) is 44.2 Å². The molecule has 4 rings (SSSR count). The third-order valence-electron chi connectivity index (χ3n) is 6.70. The first-order valence-corrected chi connectivity index (χ1v) is 14.2. The largest absolute Gasteiger partial charge is 0.322 e. The Hall–Kier alpha value is -3.06. The predicted molar refractivity (Wildman–Crippen MR) is 162 cm³/mol. The molecule has 1 atom stereocenters. The van der Waals surface area contributed by atoms with Gasteiger partial charge in [-0.05, 0) is 73.9 Å². The molecule has 0 aliphatic rings. The van der Waals surface area contributed by atoms with Gasteiger partial charge in [0.2, 0.25) is 0 Å². The molecule has 1 heterocycles. The first kappa shape index (κ1) is 28.9. The summed E-state index contributed by atoms with van der Waals surface area (Å²) in [7, 11) is 0. The number of unbranched alkanes of at least 4 members (excludes halogenated alkanes) is 2. The number of nitrogens with one attached hydrogen (secondary N) is 1. The number of halogens is 3. The lowest BCUT2D eigenvalue weighted by Crippen LogP contribution is -2.41. The van der Waals surface area contributed by atoms with E-state index in [1.165, 1.54) is 0 Å². The van der Waals surface area contributed by atoms with Gasteiger partial charge in [0.25, 0.3) is 5.56 Å². The average Bonchev–Trinajstić information content (AvgIpc) is 2.90. The number of rotatable bonds is 9. The summed E-state index contributed by atoms with van der Waals surface area (Å²) in [5.41, 5.74) is 2.33. The smallest absolute Gasteiger partial charge is 0.314 e. The Balaban J connectivity index is 1.88. The minimum atomic E-state index is -0.500. The number of hydrogen-bond donors (Lipinski definition) is 1. The molecule has 0 saturated heterocycles. The molecule has 2 amide bonds. The fraction of sp³-hybridized carbons (Fsp3) is 0.300. The van der Waals surface area contributed by atoms with Crippen LogP contribution in [0.25, 0.3) is 16.6 Å². The van der Waals surface area contributed by atoms with Crippen LogP contribution in [0.2, 0.25) is 15.1 Å². The molecule has 0 aliphatic carbocycles. The van der Waals surface area contributed by atoms with Crippen LogP contribution in [0.1, 0.15) is 57.0 Å². The molecule has 1 unspecified atom stereocenters. The van der Waals surface area contributed by atoms with Crippen molar-refractivity contribution in [3.8, 4) is 5.69 Å². The molecule has 204 valence electrons. The number of amides is 2. The van der Waals surface area contributed by atoms with Crippen LogP contribution in [0.15, 0.2) is 65.5 Å². The molecule has 0 aliphatic heterocycles. The molecule has 0 radical (unpaired) electrons. The van der Waals surface area contributed by atoms with Gasteiger partial charge in [0.1, 0.15) is 5.82 Å². The Bertz CT molecular complexity index is 1550. The molecule has 0 spiro atoms. The Labute approximate surface area is 243 Å². The first-order valence-electron chi connectivity index (χ1n) is 13.1. The number of para-hydroxylation sites is 1. The molecule has 4 aromatic rings. The number of urea groups is 1. The lowest BCUT2D eigenvalue weighted by molar-refractivity contribution is 0.179. The van der Waals surface area contributed by atoms with Gasteiger partial charge in [-0.15, -0.1) is 0 Å². The lowest BCUT2D eigenvalue weighted by Gasteiger charge is -2.33. The molecule has 0 saturated carbocycles. The Morgan fingerprint density at radius 1 is 1.00 bits per heavy atom. The van der Waals surface area contributed by atoms with Gasteiger partial charge in [0, 0.05) is 16.6 Å². The van der Waals surface area contributed by atoms with E-state index in [0.717, 1.165) is 24.8 Å². The van der Waals surface area contributed by atoms with Crippen LogP contribution in [-0.2, 0) is 0 Å². The first-order chi connectivity index (χ1) is 18.7. The quantitative estimate of drug-likeness (QED) is 0.200. The van der Waals surface area contributed by atoms with E-state index in [-0.39, 0.29) is 11.6 Å². The number of nitrogens with zero attached hydrogens (tertiary/aromatic N) is 3. The maximum atomic E-state index is 14.0. The molecule has 39 heavy (non-hydrogen) atoms. The third-order valence-corrected chi connectivity index (χ3v) is 7.48. The molecular formula is C30H31Cl3N4O2. The van der Waals surface area contributed by atoms with Crippen LogP contribution in [0, 0.1) is 6.92 Å². The predicted octanol–water partition coefficient (Wildman–Crippen LogP) is 8.83. The van der Waals surface area contributed by atoms with Crippen molar-refractivity contribution in [3.63, 3.8) is 0 Å². The number of carbonyl (C=O) groups excluding carboxylic acids is 1. The number of aromatic nitrogens is 2. The van der Waals surface area contributed by atoms with Crippen molar-refractivity contribution in [1.82, 2.24) is 14.5 Å². The van der Waals surface area contributed by atoms with E-state index in [9.17, 15) is 9.59 Å². The maximum absolute atomic E-state index is 14.0. The second-order valence-electron chi connectivity index (χ2n) is 9.44. The monoisotopic (exact) mass is 584 g/mol. The van der Waals surface area contributed by atoms with E-state index >= 15 is 0 Å². The SMILES string of the molecule is CCCCCN(C(=O)Nc1ccc(Cl)cc1Cl)C(CC)c1nc2ccccc2c(=O)n1-c1ccc(Cl)cc1C. The van der Waals surface area contributed by atoms with Crippen molar-refractivity contribution in [2.75, 3.05) is 11.9 Å². The lowest BCUT2D eigenvalue weighted by atomic mass is 10.1. The van der Waals surface area contributed by atoms with Gasteiger partial charge >= 0.3 is 6.03 Å². The molecular weight excluding hydrogens is 555 g/mol. The molecule has 9 heteroatoms. The Morgan fingerprint density at radius 3 is 2.41 bits per heavy atom. The van der Waals surface area contributed by atoms with Gasteiger partial charge in [-0.25, -0.2) is 9.78 Å². The van der Waals surface area contributed by atoms with Crippen molar-refractivity contribution < 1.29 is 4.79 Å². The number of benzene rings is 3. The van der Waals surface area contributed by atoms with E-state index in [2.05, 4.69) is 12.2 Å². The topological polar surface area (TPSA) is 67.2 Å². The average molecular weight is 586 g/mol. The summed E-state index contributed by atoms with van der Waals surface area (Å²) in [5.74, 6) is 0.487. The summed E-state index contributed by atoms with van der Waals surface area (Å²) < 4.78 is 1.62. The standard InChI is InChI=1S/C30H31Cl3N4O2/c1-4-6-9-16-36(30(39)35-25-14-12-21(32)18-23(25)33)26(5-2)28-34-24-11-8-7-10-22(24)29(38)37(28)27-15-13-20(31)17-19(27)3/h7-8,10-15,17-18,26H,4-6,9,16H2,1-3H3,(H,35,39). The van der Waals surface area contributed by atoms with Gasteiger partial charge in [0.05, 0.1) is 33.3 Å². The van der Waals surface area contributed by atoms with Crippen LogP contribution in [0.5, 0.6) is 0 Å². The fourth-order valence-electron chi connectivity index (χ4n) is 4.73. The zero-order valence-corrected chi connectivity index (χ0v) is 24.4. The number of carbonyl (C=O) groups is 1. The van der Waals surface area contributed by atoms with Crippen LogP contribution < -0.4 is 10.9 Å². The van der Waals surface area contributed by atoms with Crippen LogP contribution >= 0.6 is 34.8 Å².